The lowest BCUT2D eigenvalue weighted by atomic mass is 9.95. The van der Waals surface area contributed by atoms with Gasteiger partial charge in [0.2, 0.25) is 0 Å². The summed E-state index contributed by atoms with van der Waals surface area (Å²) in [6, 6.07) is 1.27. The Balaban J connectivity index is 1.21. The summed E-state index contributed by atoms with van der Waals surface area (Å²) in [6.07, 6.45) is -0.748. The molecule has 18 heteroatoms. The van der Waals surface area contributed by atoms with E-state index in [-0.39, 0.29) is 71.3 Å². The molecule has 3 aromatic heterocycles. The van der Waals surface area contributed by atoms with Gasteiger partial charge in [-0.25, -0.2) is 23.1 Å². The highest BCUT2D eigenvalue weighted by Gasteiger charge is 2.50. The number of ether oxygens (including phenoxy) is 1. The molecule has 0 saturated carbocycles. The second-order valence-corrected chi connectivity index (χ2v) is 15.3. The number of carbonyl (C=O) groups is 1. The molecule has 4 aliphatic rings. The smallest absolute Gasteiger partial charge is 0.418 e. The lowest BCUT2D eigenvalue weighted by Crippen LogP contribution is -2.43. The average Bonchev–Trinajstić information content (AvgIpc) is 3.91. The van der Waals surface area contributed by atoms with E-state index in [1.807, 2.05) is 9.80 Å². The van der Waals surface area contributed by atoms with Crippen molar-refractivity contribution in [2.45, 2.75) is 69.0 Å². The third kappa shape index (κ3) is 6.23. The van der Waals surface area contributed by atoms with E-state index >= 15 is 8.78 Å². The Morgan fingerprint density at radius 2 is 1.96 bits per heavy atom. The molecular weight excluding hydrogens is 746 g/mol. The number of carbonyl (C=O) groups excluding carboxylic acids is 1. The van der Waals surface area contributed by atoms with Crippen LogP contribution in [0.25, 0.3) is 28.2 Å². The minimum atomic E-state index is -4.93. The zero-order valence-corrected chi connectivity index (χ0v) is 29.8. The molecular formula is C35H33ClF6N8O2S. The number of anilines is 2. The molecule has 10 nitrogen and oxygen atoms in total. The van der Waals surface area contributed by atoms with Crippen molar-refractivity contribution in [2.24, 2.45) is 0 Å². The summed E-state index contributed by atoms with van der Waals surface area (Å²) in [4.78, 5) is 35.6. The molecule has 0 aliphatic carbocycles. The number of aromatic nitrogens is 4. The molecule has 4 fully saturated rings. The number of nitrogens with two attached hydrogens (primary N) is 1. The molecule has 3 unspecified atom stereocenters. The maximum absolute atomic E-state index is 16.9. The number of rotatable bonds is 7. The third-order valence-electron chi connectivity index (χ3n) is 10.8. The maximum Gasteiger partial charge on any atom is 0.418 e. The lowest BCUT2D eigenvalue weighted by molar-refractivity contribution is -0.137. The molecule has 280 valence electrons. The minimum absolute atomic E-state index is 0.00760. The van der Waals surface area contributed by atoms with Gasteiger partial charge in [-0.05, 0) is 56.8 Å². The highest BCUT2D eigenvalue weighted by atomic mass is 35.5. The van der Waals surface area contributed by atoms with Crippen LogP contribution in [0.1, 0.15) is 48.2 Å². The fourth-order valence-electron chi connectivity index (χ4n) is 8.66. The summed E-state index contributed by atoms with van der Waals surface area (Å²) in [5, 5.41) is 1.72. The zero-order valence-electron chi connectivity index (χ0n) is 28.3. The van der Waals surface area contributed by atoms with E-state index in [1.165, 1.54) is 35.4 Å². The predicted molar refractivity (Wildman–Crippen MR) is 188 cm³/mol. The fourth-order valence-corrected chi connectivity index (χ4v) is 9.50. The Morgan fingerprint density at radius 1 is 1.17 bits per heavy atom. The van der Waals surface area contributed by atoms with Crippen molar-refractivity contribution < 1.29 is 35.9 Å². The number of hydrogen-bond donors (Lipinski definition) is 1. The summed E-state index contributed by atoms with van der Waals surface area (Å²) in [6.45, 7) is 2.72. The van der Waals surface area contributed by atoms with Crippen LogP contribution in [0.2, 0.25) is 5.02 Å². The van der Waals surface area contributed by atoms with Crippen molar-refractivity contribution in [3.05, 3.63) is 56.5 Å². The predicted octanol–water partition coefficient (Wildman–Crippen LogP) is 7.00. The van der Waals surface area contributed by atoms with Gasteiger partial charge in [-0.2, -0.15) is 23.1 Å². The molecule has 1 amide bonds. The van der Waals surface area contributed by atoms with E-state index in [0.29, 0.717) is 37.4 Å². The molecule has 4 aliphatic heterocycles. The number of nitrogens with zero attached hydrogens (tertiary/aromatic N) is 7. The number of benzene rings is 1. The van der Waals surface area contributed by atoms with Gasteiger partial charge in [0.15, 0.2) is 11.6 Å². The van der Waals surface area contributed by atoms with E-state index < -0.39 is 58.3 Å². The first-order valence-corrected chi connectivity index (χ1v) is 18.4. The molecule has 0 spiro atoms. The van der Waals surface area contributed by atoms with Crippen molar-refractivity contribution in [2.75, 3.05) is 43.4 Å². The second-order valence-electron chi connectivity index (χ2n) is 14.0. The largest absolute Gasteiger partial charge is 0.461 e. The first-order chi connectivity index (χ1) is 25.2. The van der Waals surface area contributed by atoms with Gasteiger partial charge < -0.3 is 20.3 Å². The summed E-state index contributed by atoms with van der Waals surface area (Å²) in [7, 11) is 0. The Kier molecular flexibility index (Phi) is 8.96. The number of halogens is 7. The van der Waals surface area contributed by atoms with Crippen LogP contribution in [0.5, 0.6) is 6.01 Å². The SMILES string of the molecule is Cc1cc(N)nc(-c2c(Cl)cc3c(N4CCC5C4CCN5C(=O)/C(F)=C/c4nccs4)nc(OC[C@]45CCCN4CC(F)C5)nc3c2F)c1C(F)(F)F. The van der Waals surface area contributed by atoms with Crippen LogP contribution in [0.4, 0.5) is 38.0 Å². The van der Waals surface area contributed by atoms with Gasteiger partial charge in [0.25, 0.3) is 5.91 Å². The molecule has 7 heterocycles. The molecule has 1 aromatic carbocycles. The molecule has 0 bridgehead atoms. The Morgan fingerprint density at radius 3 is 2.72 bits per heavy atom. The first kappa shape index (κ1) is 35.8. The number of hydrogen-bond acceptors (Lipinski definition) is 10. The van der Waals surface area contributed by atoms with Crippen molar-refractivity contribution in [3.63, 3.8) is 0 Å². The van der Waals surface area contributed by atoms with Crippen LogP contribution in [0, 0.1) is 12.7 Å². The van der Waals surface area contributed by atoms with Crippen LogP contribution in [0.3, 0.4) is 0 Å². The van der Waals surface area contributed by atoms with Crippen molar-refractivity contribution >= 4 is 57.5 Å². The van der Waals surface area contributed by atoms with Gasteiger partial charge in [0, 0.05) is 49.1 Å². The highest BCUT2D eigenvalue weighted by molar-refractivity contribution is 7.10. The molecule has 4 saturated heterocycles. The van der Waals surface area contributed by atoms with Crippen LogP contribution >= 0.6 is 22.9 Å². The minimum Gasteiger partial charge on any atom is -0.461 e. The molecule has 8 rings (SSSR count). The number of pyridine rings is 1. The molecule has 4 aromatic rings. The molecule has 0 radical (unpaired) electrons. The molecule has 53 heavy (non-hydrogen) atoms. The second kappa shape index (κ2) is 13.3. The number of amides is 1. The lowest BCUT2D eigenvalue weighted by Gasteiger charge is -2.31. The Labute approximate surface area is 308 Å². The van der Waals surface area contributed by atoms with Crippen LogP contribution < -0.4 is 15.4 Å². The zero-order chi connectivity index (χ0) is 37.4. The van der Waals surface area contributed by atoms with E-state index in [9.17, 15) is 22.4 Å². The fraction of sp³-hybridized carbons (Fsp3) is 0.457. The van der Waals surface area contributed by atoms with Crippen molar-refractivity contribution in [1.29, 1.82) is 0 Å². The van der Waals surface area contributed by atoms with Crippen LogP contribution in [0.15, 0.2) is 29.5 Å². The Bertz CT molecular complexity index is 2140. The van der Waals surface area contributed by atoms with Crippen molar-refractivity contribution in [1.82, 2.24) is 29.7 Å². The number of likely N-dealkylation sites (tertiary alicyclic amines) is 1. The summed E-state index contributed by atoms with van der Waals surface area (Å²) >= 11 is 7.83. The van der Waals surface area contributed by atoms with Crippen molar-refractivity contribution in [3.8, 4) is 17.3 Å². The Hall–Kier alpha value is -4.22. The monoisotopic (exact) mass is 778 g/mol. The van der Waals surface area contributed by atoms with Crippen LogP contribution in [-0.2, 0) is 11.0 Å². The normalized spacial score (nSPS) is 24.8. The van der Waals surface area contributed by atoms with Gasteiger partial charge >= 0.3 is 12.2 Å². The third-order valence-corrected chi connectivity index (χ3v) is 11.9. The topological polar surface area (TPSA) is 114 Å². The van der Waals surface area contributed by atoms with Gasteiger partial charge in [-0.15, -0.1) is 11.3 Å². The summed E-state index contributed by atoms with van der Waals surface area (Å²) in [5.74, 6) is -3.00. The number of nitrogen functional groups attached to an aromatic ring is 1. The number of fused-ring (bicyclic) bond motifs is 3. The first-order valence-electron chi connectivity index (χ1n) is 17.1. The number of aryl methyl sites for hydroxylation is 1. The molecule has 2 N–H and O–H groups in total. The van der Waals surface area contributed by atoms with E-state index in [1.54, 1.807) is 5.38 Å². The van der Waals surface area contributed by atoms with Gasteiger partial charge in [0.05, 0.1) is 39.5 Å². The molecule has 4 atom stereocenters. The van der Waals surface area contributed by atoms with Gasteiger partial charge in [-0.1, -0.05) is 11.6 Å². The van der Waals surface area contributed by atoms with E-state index in [2.05, 4.69) is 15.0 Å². The van der Waals surface area contributed by atoms with Gasteiger partial charge in [0.1, 0.15) is 34.9 Å². The highest BCUT2D eigenvalue weighted by Crippen LogP contribution is 2.46. The maximum atomic E-state index is 16.9. The standard InChI is InChI=1S/C35H33ClF6N8O2S/c1-17-11-24(43)45-30(27(17)35(40,41)42)26-20(36)12-19-29(28(26)39)46-33(52-16-34-5-2-7-48(34)15-18(37)14-34)47-31(19)49-8-3-23-22(49)4-9-50(23)32(51)21(38)13-25-44-6-10-53-25/h6,10-13,18,22-23H,2-5,7-9,14-16H2,1H3,(H2,43,45)/b21-13-/t18?,22?,23?,34-/m1/s1. The summed E-state index contributed by atoms with van der Waals surface area (Å²) in [5.41, 5.74) is 1.97. The summed E-state index contributed by atoms with van der Waals surface area (Å²) < 4.78 is 95.9. The average molecular weight is 779 g/mol. The van der Waals surface area contributed by atoms with E-state index in [0.717, 1.165) is 18.6 Å². The number of thiazole rings is 1. The van der Waals surface area contributed by atoms with Crippen LogP contribution in [-0.4, -0.2) is 92.2 Å². The number of alkyl halides is 4. The van der Waals surface area contributed by atoms with E-state index in [4.69, 9.17) is 27.1 Å². The van der Waals surface area contributed by atoms with Gasteiger partial charge in [-0.3, -0.25) is 9.69 Å². The quantitative estimate of drug-likeness (QED) is 0.157.